The summed E-state index contributed by atoms with van der Waals surface area (Å²) in [6.07, 6.45) is 7.25. The number of hydrogen-bond donors (Lipinski definition) is 1. The first-order chi connectivity index (χ1) is 8.33. The molecule has 4 heteroatoms. The number of rotatable bonds is 2. The van der Waals surface area contributed by atoms with Gasteiger partial charge >= 0.3 is 0 Å². The van der Waals surface area contributed by atoms with Crippen molar-refractivity contribution in [3.05, 3.63) is 30.4 Å². The molecule has 3 nitrogen and oxygen atoms in total. The monoisotopic (exact) mass is 248 g/mol. The highest BCUT2D eigenvalue weighted by molar-refractivity contribution is 7.99. The smallest absolute Gasteiger partial charge is 0.132 e. The van der Waals surface area contributed by atoms with Crippen molar-refractivity contribution >= 4 is 17.3 Å². The SMILES string of the molecule is Oc1ccc2cnc(CC3CCSCC3)n2c1. The largest absolute Gasteiger partial charge is 0.506 e. The lowest BCUT2D eigenvalue weighted by Crippen LogP contribution is -2.13. The number of nitrogens with zero attached hydrogens (tertiary/aromatic N) is 2. The Hall–Kier alpha value is -1.16. The molecule has 0 aliphatic carbocycles. The maximum absolute atomic E-state index is 9.53. The van der Waals surface area contributed by atoms with Gasteiger partial charge in [-0.25, -0.2) is 4.98 Å². The molecule has 0 atom stereocenters. The summed E-state index contributed by atoms with van der Waals surface area (Å²) < 4.78 is 2.01. The summed E-state index contributed by atoms with van der Waals surface area (Å²) in [5, 5.41) is 9.53. The molecule has 2 aromatic heterocycles. The summed E-state index contributed by atoms with van der Waals surface area (Å²) in [5.41, 5.74) is 1.06. The van der Waals surface area contributed by atoms with E-state index in [1.807, 2.05) is 16.7 Å². The van der Waals surface area contributed by atoms with Crippen LogP contribution >= 0.6 is 11.8 Å². The van der Waals surface area contributed by atoms with Crippen LogP contribution in [0.4, 0.5) is 0 Å². The molecule has 1 aliphatic heterocycles. The van der Waals surface area contributed by atoms with E-state index < -0.39 is 0 Å². The zero-order chi connectivity index (χ0) is 11.7. The van der Waals surface area contributed by atoms with Crippen LogP contribution in [0, 0.1) is 5.92 Å². The van der Waals surface area contributed by atoms with Crippen molar-refractivity contribution in [3.63, 3.8) is 0 Å². The van der Waals surface area contributed by atoms with Crippen molar-refractivity contribution < 1.29 is 5.11 Å². The molecule has 1 fully saturated rings. The van der Waals surface area contributed by atoms with Gasteiger partial charge in [-0.15, -0.1) is 0 Å². The van der Waals surface area contributed by atoms with Crippen LogP contribution in [0.15, 0.2) is 24.5 Å². The lowest BCUT2D eigenvalue weighted by atomic mass is 9.98. The summed E-state index contributed by atoms with van der Waals surface area (Å²) >= 11 is 2.05. The molecule has 3 rings (SSSR count). The molecule has 1 saturated heterocycles. The van der Waals surface area contributed by atoms with Crippen LogP contribution in [0.1, 0.15) is 18.7 Å². The molecule has 1 aliphatic rings. The Morgan fingerprint density at radius 2 is 2.18 bits per heavy atom. The maximum Gasteiger partial charge on any atom is 0.132 e. The normalized spacial score (nSPS) is 17.6. The fourth-order valence-electron chi connectivity index (χ4n) is 2.39. The molecule has 0 aromatic carbocycles. The number of pyridine rings is 1. The molecular weight excluding hydrogens is 232 g/mol. The highest BCUT2D eigenvalue weighted by Crippen LogP contribution is 2.26. The van der Waals surface area contributed by atoms with E-state index in [0.717, 1.165) is 23.7 Å². The van der Waals surface area contributed by atoms with Crippen LogP contribution in [0.3, 0.4) is 0 Å². The highest BCUT2D eigenvalue weighted by Gasteiger charge is 2.16. The Labute approximate surface area is 105 Å². The fourth-order valence-corrected chi connectivity index (χ4v) is 3.60. The van der Waals surface area contributed by atoms with Crippen molar-refractivity contribution in [2.24, 2.45) is 5.92 Å². The van der Waals surface area contributed by atoms with Gasteiger partial charge in [0.1, 0.15) is 11.6 Å². The molecular formula is C13H16N2OS. The molecule has 0 bridgehead atoms. The zero-order valence-corrected chi connectivity index (χ0v) is 10.5. The molecule has 90 valence electrons. The molecule has 0 amide bonds. The van der Waals surface area contributed by atoms with E-state index >= 15 is 0 Å². The quantitative estimate of drug-likeness (QED) is 0.888. The summed E-state index contributed by atoms with van der Waals surface area (Å²) in [6.45, 7) is 0. The second kappa shape index (κ2) is 4.61. The average Bonchev–Trinajstić information content (AvgIpc) is 2.73. The number of thioether (sulfide) groups is 1. The van der Waals surface area contributed by atoms with E-state index in [2.05, 4.69) is 16.7 Å². The Bertz CT molecular complexity index is 517. The average molecular weight is 248 g/mol. The molecule has 0 radical (unpaired) electrons. The first-order valence-corrected chi connectivity index (χ1v) is 7.21. The van der Waals surface area contributed by atoms with E-state index in [4.69, 9.17) is 0 Å². The van der Waals surface area contributed by atoms with Crippen LogP contribution < -0.4 is 0 Å². The standard InChI is InChI=1S/C13H16N2OS/c16-12-2-1-11-8-14-13(15(11)9-12)7-10-3-5-17-6-4-10/h1-2,8-10,16H,3-7H2. The Morgan fingerprint density at radius 3 is 3.00 bits per heavy atom. The van der Waals surface area contributed by atoms with E-state index in [1.54, 1.807) is 12.3 Å². The minimum atomic E-state index is 0.302. The summed E-state index contributed by atoms with van der Waals surface area (Å²) in [5.74, 6) is 4.69. The van der Waals surface area contributed by atoms with Gasteiger partial charge in [-0.2, -0.15) is 11.8 Å². The summed E-state index contributed by atoms with van der Waals surface area (Å²) in [6, 6.07) is 3.61. The minimum absolute atomic E-state index is 0.302. The highest BCUT2D eigenvalue weighted by atomic mass is 32.2. The third-order valence-corrected chi connectivity index (χ3v) is 4.45. The van der Waals surface area contributed by atoms with Crippen LogP contribution in [-0.2, 0) is 6.42 Å². The van der Waals surface area contributed by atoms with Crippen molar-refractivity contribution in [2.45, 2.75) is 19.3 Å². The van der Waals surface area contributed by atoms with Crippen molar-refractivity contribution in [1.82, 2.24) is 9.38 Å². The Kier molecular flexibility index (Phi) is 2.97. The summed E-state index contributed by atoms with van der Waals surface area (Å²) in [7, 11) is 0. The summed E-state index contributed by atoms with van der Waals surface area (Å²) in [4.78, 5) is 4.48. The predicted octanol–water partition coefficient (Wildman–Crippen LogP) is 2.73. The van der Waals surface area contributed by atoms with Gasteiger partial charge in [-0.3, -0.25) is 0 Å². The van der Waals surface area contributed by atoms with Crippen molar-refractivity contribution in [1.29, 1.82) is 0 Å². The lowest BCUT2D eigenvalue weighted by molar-refractivity contribution is 0.464. The maximum atomic E-state index is 9.53. The molecule has 0 unspecified atom stereocenters. The number of hydrogen-bond acceptors (Lipinski definition) is 3. The number of fused-ring (bicyclic) bond motifs is 1. The van der Waals surface area contributed by atoms with Crippen LogP contribution in [0.5, 0.6) is 5.75 Å². The number of aromatic nitrogens is 2. The fraction of sp³-hybridized carbons (Fsp3) is 0.462. The van der Waals surface area contributed by atoms with Crippen LogP contribution in [0.25, 0.3) is 5.52 Å². The minimum Gasteiger partial charge on any atom is -0.506 e. The predicted molar refractivity (Wildman–Crippen MR) is 70.6 cm³/mol. The zero-order valence-electron chi connectivity index (χ0n) is 9.67. The van der Waals surface area contributed by atoms with Crippen LogP contribution in [-0.4, -0.2) is 26.0 Å². The number of imidazole rings is 1. The molecule has 0 saturated carbocycles. The van der Waals surface area contributed by atoms with E-state index in [-0.39, 0.29) is 0 Å². The van der Waals surface area contributed by atoms with E-state index in [1.165, 1.54) is 24.3 Å². The molecule has 2 aromatic rings. The van der Waals surface area contributed by atoms with Gasteiger partial charge in [0.05, 0.1) is 17.9 Å². The second-order valence-corrected chi connectivity index (χ2v) is 5.84. The third-order valence-electron chi connectivity index (χ3n) is 3.40. The van der Waals surface area contributed by atoms with Gasteiger partial charge in [-0.1, -0.05) is 0 Å². The van der Waals surface area contributed by atoms with Crippen LogP contribution in [0.2, 0.25) is 0 Å². The molecule has 3 heterocycles. The first kappa shape index (κ1) is 11.0. The lowest BCUT2D eigenvalue weighted by Gasteiger charge is -2.20. The van der Waals surface area contributed by atoms with Crippen molar-refractivity contribution in [3.8, 4) is 5.75 Å². The first-order valence-electron chi connectivity index (χ1n) is 6.05. The second-order valence-electron chi connectivity index (χ2n) is 4.62. The number of aromatic hydroxyl groups is 1. The van der Waals surface area contributed by atoms with Gasteiger partial charge in [-0.05, 0) is 42.4 Å². The van der Waals surface area contributed by atoms with Gasteiger partial charge in [0.25, 0.3) is 0 Å². The van der Waals surface area contributed by atoms with Gasteiger partial charge in [0.15, 0.2) is 0 Å². The third kappa shape index (κ3) is 2.27. The molecule has 0 spiro atoms. The van der Waals surface area contributed by atoms with E-state index in [0.29, 0.717) is 5.75 Å². The molecule has 17 heavy (non-hydrogen) atoms. The molecule has 1 N–H and O–H groups in total. The van der Waals surface area contributed by atoms with Gasteiger partial charge < -0.3 is 9.51 Å². The van der Waals surface area contributed by atoms with Gasteiger partial charge in [0.2, 0.25) is 0 Å². The van der Waals surface area contributed by atoms with E-state index in [9.17, 15) is 5.11 Å². The Balaban J connectivity index is 1.86. The van der Waals surface area contributed by atoms with Crippen molar-refractivity contribution in [2.75, 3.05) is 11.5 Å². The van der Waals surface area contributed by atoms with Gasteiger partial charge in [0, 0.05) is 6.42 Å². The topological polar surface area (TPSA) is 37.5 Å². The Morgan fingerprint density at radius 1 is 1.35 bits per heavy atom.